The van der Waals surface area contributed by atoms with E-state index in [1.54, 1.807) is 6.92 Å². The summed E-state index contributed by atoms with van der Waals surface area (Å²) in [6, 6.07) is 0. The summed E-state index contributed by atoms with van der Waals surface area (Å²) in [7, 11) is 0. The molecule has 14 heavy (non-hydrogen) atoms. The van der Waals surface area contributed by atoms with Gasteiger partial charge in [-0.3, -0.25) is 9.36 Å². The number of nitrogens with zero attached hydrogens (tertiary/aromatic N) is 2. The summed E-state index contributed by atoms with van der Waals surface area (Å²) in [5.41, 5.74) is 4.80. The van der Waals surface area contributed by atoms with Gasteiger partial charge in [-0.25, -0.2) is 9.78 Å². The van der Waals surface area contributed by atoms with Gasteiger partial charge in [0.15, 0.2) is 0 Å². The molecule has 0 bridgehead atoms. The zero-order valence-corrected chi connectivity index (χ0v) is 7.71. The van der Waals surface area contributed by atoms with Crippen LogP contribution in [-0.4, -0.2) is 27.7 Å². The molecule has 1 rings (SSSR count). The van der Waals surface area contributed by atoms with Gasteiger partial charge in [-0.05, 0) is 6.92 Å². The normalized spacial score (nSPS) is 12.1. The van der Waals surface area contributed by atoms with Crippen molar-refractivity contribution in [3.8, 4) is 0 Å². The van der Waals surface area contributed by atoms with E-state index in [2.05, 4.69) is 9.72 Å². The second-order valence-corrected chi connectivity index (χ2v) is 2.82. The van der Waals surface area contributed by atoms with Crippen molar-refractivity contribution in [2.45, 2.75) is 19.4 Å². The second-order valence-electron chi connectivity index (χ2n) is 2.82. The van der Waals surface area contributed by atoms with Crippen molar-refractivity contribution in [2.24, 2.45) is 5.73 Å². The Kier molecular flexibility index (Phi) is 3.22. The number of rotatable bonds is 3. The highest BCUT2D eigenvalue weighted by Crippen LogP contribution is 2.00. The zero-order chi connectivity index (χ0) is 10.6. The summed E-state index contributed by atoms with van der Waals surface area (Å²) in [6.45, 7) is 1.60. The first-order valence-electron chi connectivity index (χ1n) is 4.07. The van der Waals surface area contributed by atoms with E-state index < -0.39 is 12.2 Å². The quantitative estimate of drug-likeness (QED) is 0.759. The van der Waals surface area contributed by atoms with Crippen LogP contribution in [0.2, 0.25) is 0 Å². The molecule has 1 aromatic heterocycles. The number of imidazole rings is 1. The van der Waals surface area contributed by atoms with Crippen molar-refractivity contribution in [2.75, 3.05) is 0 Å². The molecule has 0 fully saturated rings. The fraction of sp³-hybridized carbons (Fsp3) is 0.375. The second kappa shape index (κ2) is 4.40. The minimum Gasteiger partial charge on any atom is -0.446 e. The topological polar surface area (TPSA) is 87.2 Å². The summed E-state index contributed by atoms with van der Waals surface area (Å²) in [5.74, 6) is -0.198. The molecule has 1 atom stereocenters. The van der Waals surface area contributed by atoms with Crippen molar-refractivity contribution in [1.29, 1.82) is 0 Å². The molecule has 0 spiro atoms. The lowest BCUT2D eigenvalue weighted by Crippen LogP contribution is -2.24. The van der Waals surface area contributed by atoms with Gasteiger partial charge in [0.2, 0.25) is 5.91 Å². The SMILES string of the molecule is C[C@H](CC(=O)n1ccnc1)OC(N)=O. The first-order valence-corrected chi connectivity index (χ1v) is 4.07. The number of primary amides is 1. The maximum atomic E-state index is 11.4. The van der Waals surface area contributed by atoms with Gasteiger partial charge in [0, 0.05) is 12.4 Å². The van der Waals surface area contributed by atoms with Gasteiger partial charge in [-0.1, -0.05) is 0 Å². The molecule has 0 aliphatic rings. The summed E-state index contributed by atoms with van der Waals surface area (Å²) in [4.78, 5) is 25.5. The first kappa shape index (κ1) is 10.2. The van der Waals surface area contributed by atoms with Gasteiger partial charge in [0.25, 0.3) is 0 Å². The van der Waals surface area contributed by atoms with Crippen LogP contribution in [0.1, 0.15) is 18.1 Å². The molecule has 0 radical (unpaired) electrons. The molecule has 2 N–H and O–H groups in total. The highest BCUT2D eigenvalue weighted by Gasteiger charge is 2.12. The van der Waals surface area contributed by atoms with Crippen LogP contribution < -0.4 is 5.73 Å². The van der Waals surface area contributed by atoms with Crippen LogP contribution in [0.5, 0.6) is 0 Å². The molecule has 0 aliphatic heterocycles. The third-order valence-corrected chi connectivity index (χ3v) is 1.57. The third kappa shape index (κ3) is 2.89. The molecular formula is C8H11N3O3. The number of hydrogen-bond acceptors (Lipinski definition) is 4. The molecule has 76 valence electrons. The average Bonchev–Trinajstić information content (AvgIpc) is 2.53. The number of carbonyl (C=O) groups excluding carboxylic acids is 2. The fourth-order valence-electron chi connectivity index (χ4n) is 0.998. The minimum absolute atomic E-state index is 0.0826. The fourth-order valence-corrected chi connectivity index (χ4v) is 0.998. The highest BCUT2D eigenvalue weighted by molar-refractivity contribution is 5.79. The molecule has 0 aromatic carbocycles. The molecule has 1 amide bonds. The van der Waals surface area contributed by atoms with Gasteiger partial charge < -0.3 is 10.5 Å². The van der Waals surface area contributed by atoms with Gasteiger partial charge in [0.1, 0.15) is 12.4 Å². The molecule has 1 heterocycles. The predicted molar refractivity (Wildman–Crippen MR) is 47.6 cm³/mol. The molecule has 1 aromatic rings. The van der Waals surface area contributed by atoms with E-state index >= 15 is 0 Å². The predicted octanol–water partition coefficient (Wildman–Crippen LogP) is 0.397. The Balaban J connectivity index is 2.45. The van der Waals surface area contributed by atoms with Crippen LogP contribution in [0.4, 0.5) is 4.79 Å². The summed E-state index contributed by atoms with van der Waals surface area (Å²) < 4.78 is 5.92. The van der Waals surface area contributed by atoms with Crippen LogP contribution >= 0.6 is 0 Å². The van der Waals surface area contributed by atoms with Crippen molar-refractivity contribution in [1.82, 2.24) is 9.55 Å². The van der Waals surface area contributed by atoms with E-state index in [0.29, 0.717) is 0 Å². The highest BCUT2D eigenvalue weighted by atomic mass is 16.6. The Morgan fingerprint density at radius 2 is 2.36 bits per heavy atom. The Morgan fingerprint density at radius 1 is 1.64 bits per heavy atom. The Hall–Kier alpha value is -1.85. The number of carbonyl (C=O) groups is 2. The lowest BCUT2D eigenvalue weighted by molar-refractivity contribution is 0.0762. The number of nitrogens with two attached hydrogens (primary N) is 1. The van der Waals surface area contributed by atoms with Crippen LogP contribution in [0, 0.1) is 0 Å². The van der Waals surface area contributed by atoms with Crippen LogP contribution in [0.3, 0.4) is 0 Å². The van der Waals surface area contributed by atoms with Gasteiger partial charge >= 0.3 is 6.09 Å². The van der Waals surface area contributed by atoms with Crippen molar-refractivity contribution < 1.29 is 14.3 Å². The summed E-state index contributed by atoms with van der Waals surface area (Å²) >= 11 is 0. The largest absolute Gasteiger partial charge is 0.446 e. The summed E-state index contributed by atoms with van der Waals surface area (Å²) in [6.07, 6.45) is 3.09. The zero-order valence-electron chi connectivity index (χ0n) is 7.71. The van der Waals surface area contributed by atoms with Crippen molar-refractivity contribution in [3.05, 3.63) is 18.7 Å². The van der Waals surface area contributed by atoms with Crippen LogP contribution in [0.25, 0.3) is 0 Å². The van der Waals surface area contributed by atoms with Crippen LogP contribution in [0.15, 0.2) is 18.7 Å². The van der Waals surface area contributed by atoms with Crippen molar-refractivity contribution >= 4 is 12.0 Å². The molecule has 0 aliphatic carbocycles. The Bertz CT molecular complexity index is 321. The smallest absolute Gasteiger partial charge is 0.404 e. The molecule has 0 unspecified atom stereocenters. The molecular weight excluding hydrogens is 186 g/mol. The molecule has 6 heteroatoms. The average molecular weight is 197 g/mol. The lowest BCUT2D eigenvalue weighted by atomic mass is 10.3. The monoisotopic (exact) mass is 197 g/mol. The van der Waals surface area contributed by atoms with Crippen LogP contribution in [-0.2, 0) is 4.74 Å². The van der Waals surface area contributed by atoms with Gasteiger partial charge in [0.05, 0.1) is 6.42 Å². The Labute approximate surface area is 80.7 Å². The Morgan fingerprint density at radius 3 is 2.86 bits per heavy atom. The number of hydrogen-bond donors (Lipinski definition) is 1. The lowest BCUT2D eigenvalue weighted by Gasteiger charge is -2.09. The van der Waals surface area contributed by atoms with E-state index in [1.807, 2.05) is 0 Å². The number of ether oxygens (including phenoxy) is 1. The van der Waals surface area contributed by atoms with E-state index in [-0.39, 0.29) is 12.3 Å². The minimum atomic E-state index is -0.879. The molecule has 6 nitrogen and oxygen atoms in total. The number of amides is 1. The van der Waals surface area contributed by atoms with E-state index in [1.165, 1.54) is 23.3 Å². The first-order chi connectivity index (χ1) is 6.59. The van der Waals surface area contributed by atoms with E-state index in [0.717, 1.165) is 0 Å². The van der Waals surface area contributed by atoms with E-state index in [9.17, 15) is 9.59 Å². The molecule has 0 saturated heterocycles. The standard InChI is InChI=1S/C8H11N3O3/c1-6(14-8(9)13)4-7(12)11-3-2-10-5-11/h2-3,5-6H,4H2,1H3,(H2,9,13)/t6-/m1/s1. The summed E-state index contributed by atoms with van der Waals surface area (Å²) in [5, 5.41) is 0. The van der Waals surface area contributed by atoms with Crippen molar-refractivity contribution in [3.63, 3.8) is 0 Å². The maximum absolute atomic E-state index is 11.4. The van der Waals surface area contributed by atoms with Gasteiger partial charge in [-0.15, -0.1) is 0 Å². The maximum Gasteiger partial charge on any atom is 0.404 e. The van der Waals surface area contributed by atoms with E-state index in [4.69, 9.17) is 5.73 Å². The number of aromatic nitrogens is 2. The molecule has 0 saturated carbocycles. The van der Waals surface area contributed by atoms with Gasteiger partial charge in [-0.2, -0.15) is 0 Å². The third-order valence-electron chi connectivity index (χ3n) is 1.57.